The van der Waals surface area contributed by atoms with Gasteiger partial charge in [-0.25, -0.2) is 8.78 Å². The fraction of sp³-hybridized carbons (Fsp3) is 1.00. The van der Waals surface area contributed by atoms with Gasteiger partial charge >= 0.3 is 31.9 Å². The summed E-state index contributed by atoms with van der Waals surface area (Å²) >= 11 is 17.4. The van der Waals surface area contributed by atoms with Crippen LogP contribution in [0.5, 0.6) is 0 Å². The first kappa shape index (κ1) is 24.7. The zero-order valence-electron chi connectivity index (χ0n) is 14.6. The van der Waals surface area contributed by atoms with Gasteiger partial charge in [0, 0.05) is 0 Å². The molecule has 0 fully saturated rings. The summed E-state index contributed by atoms with van der Waals surface area (Å²) < 4.78 is 49.4. The van der Waals surface area contributed by atoms with E-state index in [0.717, 1.165) is 0 Å². The molecule has 4 nitrogen and oxygen atoms in total. The Balaban J connectivity index is 4.96. The van der Waals surface area contributed by atoms with Gasteiger partial charge in [0.2, 0.25) is 6.05 Å². The minimum Gasteiger partial charge on any atom is -0.432 e. The van der Waals surface area contributed by atoms with Crippen LogP contribution in [-0.2, 0) is 16.5 Å². The van der Waals surface area contributed by atoms with Gasteiger partial charge in [-0.1, -0.05) is 33.2 Å². The summed E-state index contributed by atoms with van der Waals surface area (Å²) in [5.74, 6) is 0. The second-order valence-corrected chi connectivity index (χ2v) is 29.7. The Morgan fingerprint density at radius 3 is 1.22 bits per heavy atom. The lowest BCUT2D eigenvalue weighted by Gasteiger charge is -2.40. The summed E-state index contributed by atoms with van der Waals surface area (Å²) in [6, 6.07) is -2.48. The van der Waals surface area contributed by atoms with Crippen molar-refractivity contribution in [2.75, 3.05) is 0 Å². The summed E-state index contributed by atoms with van der Waals surface area (Å²) in [6.45, 7) is 13.5. The number of hydrogen-bond acceptors (Lipinski definition) is 4. The molecule has 0 aromatic rings. The van der Waals surface area contributed by atoms with Crippen molar-refractivity contribution >= 4 is 73.5 Å². The Hall–Kier alpha value is 1.65. The quantitative estimate of drug-likeness (QED) is 0.330. The molecule has 23 heavy (non-hydrogen) atoms. The van der Waals surface area contributed by atoms with E-state index >= 15 is 0 Å². The van der Waals surface area contributed by atoms with Gasteiger partial charge in [0.15, 0.2) is 0 Å². The number of alkyl halides is 2. The third-order valence-corrected chi connectivity index (χ3v) is 20.3. The first-order chi connectivity index (χ1) is 9.77. The van der Waals surface area contributed by atoms with Crippen molar-refractivity contribution in [3.8, 4) is 0 Å². The smallest absolute Gasteiger partial charge is 0.432 e. The molecule has 0 radical (unpaired) electrons. The first-order valence-electron chi connectivity index (χ1n) is 6.93. The molecule has 0 aromatic heterocycles. The van der Waals surface area contributed by atoms with Crippen LogP contribution >= 0.6 is 33.2 Å². The van der Waals surface area contributed by atoms with E-state index in [9.17, 15) is 8.78 Å². The van der Waals surface area contributed by atoms with E-state index in [4.69, 9.17) is 49.7 Å². The Labute approximate surface area is 156 Å². The molecule has 0 saturated heterocycles. The largest absolute Gasteiger partial charge is 0.485 e. The van der Waals surface area contributed by atoms with E-state index in [1.165, 1.54) is 13.1 Å². The van der Waals surface area contributed by atoms with Gasteiger partial charge < -0.3 is 16.5 Å². The second-order valence-electron chi connectivity index (χ2n) is 6.96. The Morgan fingerprint density at radius 1 is 0.609 bits per heavy atom. The standard InChI is InChI=1S/C9H25Cl3F2O4Si5/c1-19(2,9(13)14)15-20(3,4)16-21(5,6)17-22(7,8)18-23(10,11)12/h9H,1-8H3. The summed E-state index contributed by atoms with van der Waals surface area (Å²) in [4.78, 5) is 0. The molecule has 0 rings (SSSR count). The lowest BCUT2D eigenvalue weighted by molar-refractivity contribution is 0.197. The van der Waals surface area contributed by atoms with Crippen LogP contribution < -0.4 is 0 Å². The summed E-state index contributed by atoms with van der Waals surface area (Å²) in [7, 11) is -11.4. The van der Waals surface area contributed by atoms with Gasteiger partial charge in [0.1, 0.15) is 0 Å². The summed E-state index contributed by atoms with van der Waals surface area (Å²) in [5, 5.41) is 0. The maximum Gasteiger partial charge on any atom is 0.485 e. The monoisotopic (exact) mass is 480 g/mol. The van der Waals surface area contributed by atoms with E-state index in [1.807, 2.05) is 0 Å². The van der Waals surface area contributed by atoms with Crippen LogP contribution in [0.25, 0.3) is 0 Å². The van der Waals surface area contributed by atoms with Gasteiger partial charge in [-0.05, 0) is 52.4 Å². The van der Waals surface area contributed by atoms with Crippen molar-refractivity contribution in [1.82, 2.24) is 0 Å². The highest BCUT2D eigenvalue weighted by Crippen LogP contribution is 2.30. The van der Waals surface area contributed by atoms with E-state index in [0.29, 0.717) is 0 Å². The van der Waals surface area contributed by atoms with Crippen molar-refractivity contribution in [3.63, 3.8) is 0 Å². The molecule has 0 aromatic carbocycles. The van der Waals surface area contributed by atoms with Gasteiger partial charge in [-0.3, -0.25) is 0 Å². The minimum atomic E-state index is -3.30. The molecular weight excluding hydrogens is 457 g/mol. The molecular formula is C9H25Cl3F2O4Si5. The van der Waals surface area contributed by atoms with Crippen LogP contribution in [0.4, 0.5) is 8.78 Å². The highest BCUT2D eigenvalue weighted by Gasteiger charge is 2.48. The molecule has 0 aliphatic heterocycles. The lowest BCUT2D eigenvalue weighted by atomic mass is 11.6. The average molecular weight is 482 g/mol. The molecule has 0 heterocycles. The van der Waals surface area contributed by atoms with Crippen molar-refractivity contribution in [2.24, 2.45) is 0 Å². The maximum atomic E-state index is 13.1. The van der Waals surface area contributed by atoms with Gasteiger partial charge in [-0.2, -0.15) is 0 Å². The Kier molecular flexibility index (Phi) is 8.71. The summed E-state index contributed by atoms with van der Waals surface area (Å²) in [5.41, 5.74) is 0. The molecule has 0 saturated carbocycles. The predicted molar refractivity (Wildman–Crippen MR) is 104 cm³/mol. The normalized spacial score (nSPS) is 15.4. The topological polar surface area (TPSA) is 36.9 Å². The van der Waals surface area contributed by atoms with E-state index in [1.54, 1.807) is 39.3 Å². The molecule has 0 unspecified atom stereocenters. The lowest BCUT2D eigenvalue weighted by Crippen LogP contribution is -2.59. The Bertz CT molecular complexity index is 407. The maximum absolute atomic E-state index is 13.1. The molecule has 0 spiro atoms. The van der Waals surface area contributed by atoms with Gasteiger partial charge in [0.05, 0.1) is 0 Å². The third kappa shape index (κ3) is 11.1. The molecule has 14 heteroatoms. The van der Waals surface area contributed by atoms with E-state index in [-0.39, 0.29) is 0 Å². The fourth-order valence-electron chi connectivity index (χ4n) is 2.20. The molecule has 0 bridgehead atoms. The average Bonchev–Trinajstić information content (AvgIpc) is 2.04. The van der Waals surface area contributed by atoms with Crippen LogP contribution in [0.1, 0.15) is 0 Å². The Morgan fingerprint density at radius 2 is 0.913 bits per heavy atom. The van der Waals surface area contributed by atoms with Gasteiger partial charge in [-0.15, -0.1) is 0 Å². The summed E-state index contributed by atoms with van der Waals surface area (Å²) in [6.07, 6.45) is -3.30. The number of rotatable bonds is 9. The van der Waals surface area contributed by atoms with E-state index in [2.05, 4.69) is 0 Å². The van der Waals surface area contributed by atoms with Crippen molar-refractivity contribution in [2.45, 2.75) is 58.4 Å². The predicted octanol–water partition coefficient (Wildman–Crippen LogP) is 5.32. The second kappa shape index (κ2) is 8.12. The molecule has 0 aliphatic rings. The molecule has 140 valence electrons. The van der Waals surface area contributed by atoms with Crippen LogP contribution in [0, 0.1) is 0 Å². The van der Waals surface area contributed by atoms with Crippen LogP contribution in [-0.4, -0.2) is 46.3 Å². The van der Waals surface area contributed by atoms with Crippen LogP contribution in [0.3, 0.4) is 0 Å². The molecule has 0 N–H and O–H groups in total. The van der Waals surface area contributed by atoms with Crippen molar-refractivity contribution in [1.29, 1.82) is 0 Å². The minimum absolute atomic E-state index is 1.47. The highest BCUT2D eigenvalue weighted by molar-refractivity contribution is 7.62. The highest BCUT2D eigenvalue weighted by atomic mass is 35.8. The SMILES string of the molecule is C[Si](C)(O[Si](Cl)(Cl)Cl)O[Si](C)(C)O[Si](C)(C)O[Si](C)(C)C(F)F. The molecule has 0 amide bonds. The van der Waals surface area contributed by atoms with Crippen molar-refractivity contribution in [3.05, 3.63) is 0 Å². The zero-order valence-corrected chi connectivity index (χ0v) is 21.9. The van der Waals surface area contributed by atoms with Crippen LogP contribution in [0.2, 0.25) is 52.4 Å². The molecule has 0 aliphatic carbocycles. The first-order valence-corrected chi connectivity index (χ1v) is 23.3. The fourth-order valence-corrected chi connectivity index (χ4v) is 26.0. The number of hydrogen-bond donors (Lipinski definition) is 0. The molecule has 0 atom stereocenters. The third-order valence-electron chi connectivity index (χ3n) is 2.38. The van der Waals surface area contributed by atoms with Crippen molar-refractivity contribution < 1.29 is 25.2 Å². The van der Waals surface area contributed by atoms with E-state index < -0.39 is 46.3 Å². The van der Waals surface area contributed by atoms with Gasteiger partial charge in [0.25, 0.3) is 8.32 Å². The number of halogens is 5. The van der Waals surface area contributed by atoms with Crippen LogP contribution in [0.15, 0.2) is 0 Å². The zero-order chi connectivity index (χ0) is 18.9.